The summed E-state index contributed by atoms with van der Waals surface area (Å²) in [7, 11) is 0. The Labute approximate surface area is 144 Å². The van der Waals surface area contributed by atoms with Gasteiger partial charge in [-0.1, -0.05) is 5.16 Å². The molecule has 0 saturated carbocycles. The Balaban J connectivity index is 1.70. The number of hydrogen-bond donors (Lipinski definition) is 1. The predicted octanol–water partition coefficient (Wildman–Crippen LogP) is 1.47. The monoisotopic (exact) mass is 344 g/mol. The minimum atomic E-state index is -0.607. The molecule has 0 aliphatic carbocycles. The van der Waals surface area contributed by atoms with E-state index in [2.05, 4.69) is 10.1 Å². The van der Waals surface area contributed by atoms with E-state index in [4.69, 9.17) is 15.0 Å². The summed E-state index contributed by atoms with van der Waals surface area (Å²) in [5.41, 5.74) is 6.49. The number of amides is 2. The minimum Gasteiger partial charge on any atom is -0.488 e. The number of carbonyl (C=O) groups is 2. The average Bonchev–Trinajstić information content (AvgIpc) is 2.93. The summed E-state index contributed by atoms with van der Waals surface area (Å²) in [6.45, 7) is 4.60. The van der Waals surface area contributed by atoms with E-state index in [1.54, 1.807) is 24.8 Å². The Kier molecular flexibility index (Phi) is 4.69. The molecule has 2 aromatic rings. The SMILES string of the molecule is Cc1noc(C)c1C(=O)N1CCCC(Oc2ccnc(C(N)=O)c2)C1. The van der Waals surface area contributed by atoms with Crippen LogP contribution in [0.25, 0.3) is 0 Å². The molecule has 1 aliphatic rings. The van der Waals surface area contributed by atoms with E-state index in [0.29, 0.717) is 35.9 Å². The molecule has 8 heteroatoms. The number of likely N-dealkylation sites (tertiary alicyclic amines) is 1. The third-order valence-electron chi connectivity index (χ3n) is 4.20. The second kappa shape index (κ2) is 6.92. The first-order valence-electron chi connectivity index (χ1n) is 8.10. The standard InChI is InChI=1S/C17H20N4O4/c1-10-15(11(2)25-20-10)17(23)21-7-3-4-13(9-21)24-12-5-6-19-14(8-12)16(18)22/h5-6,8,13H,3-4,7,9H2,1-2H3,(H2,18,22). The predicted molar refractivity (Wildman–Crippen MR) is 88.3 cm³/mol. The first-order valence-corrected chi connectivity index (χ1v) is 8.10. The van der Waals surface area contributed by atoms with Crippen molar-refractivity contribution in [1.29, 1.82) is 0 Å². The second-order valence-electron chi connectivity index (χ2n) is 6.07. The number of rotatable bonds is 4. The largest absolute Gasteiger partial charge is 0.488 e. The summed E-state index contributed by atoms with van der Waals surface area (Å²) >= 11 is 0. The summed E-state index contributed by atoms with van der Waals surface area (Å²) in [5, 5.41) is 3.84. The highest BCUT2D eigenvalue weighted by Crippen LogP contribution is 2.22. The highest BCUT2D eigenvalue weighted by Gasteiger charge is 2.29. The van der Waals surface area contributed by atoms with Crippen LogP contribution in [0.4, 0.5) is 0 Å². The van der Waals surface area contributed by atoms with Gasteiger partial charge in [-0.25, -0.2) is 0 Å². The lowest BCUT2D eigenvalue weighted by molar-refractivity contribution is 0.0535. The summed E-state index contributed by atoms with van der Waals surface area (Å²) in [5.74, 6) is 0.327. The van der Waals surface area contributed by atoms with Crippen molar-refractivity contribution in [2.75, 3.05) is 13.1 Å². The minimum absolute atomic E-state index is 0.0999. The van der Waals surface area contributed by atoms with Crippen LogP contribution in [0.2, 0.25) is 0 Å². The molecular formula is C17H20N4O4. The summed E-state index contributed by atoms with van der Waals surface area (Å²) in [6.07, 6.45) is 2.96. The lowest BCUT2D eigenvalue weighted by Gasteiger charge is -2.33. The molecule has 0 spiro atoms. The van der Waals surface area contributed by atoms with Crippen molar-refractivity contribution < 1.29 is 18.8 Å². The average molecular weight is 344 g/mol. The van der Waals surface area contributed by atoms with Gasteiger partial charge < -0.3 is 19.9 Å². The fourth-order valence-corrected chi connectivity index (χ4v) is 2.98. The van der Waals surface area contributed by atoms with Gasteiger partial charge in [-0.15, -0.1) is 0 Å². The normalized spacial score (nSPS) is 17.4. The van der Waals surface area contributed by atoms with Crippen molar-refractivity contribution in [3.63, 3.8) is 0 Å². The van der Waals surface area contributed by atoms with Gasteiger partial charge in [-0.05, 0) is 32.8 Å². The highest BCUT2D eigenvalue weighted by atomic mass is 16.5. The maximum Gasteiger partial charge on any atom is 0.267 e. The van der Waals surface area contributed by atoms with Crippen molar-refractivity contribution >= 4 is 11.8 Å². The summed E-state index contributed by atoms with van der Waals surface area (Å²) in [4.78, 5) is 29.6. The van der Waals surface area contributed by atoms with E-state index >= 15 is 0 Å². The van der Waals surface area contributed by atoms with Crippen LogP contribution in [-0.2, 0) is 0 Å². The van der Waals surface area contributed by atoms with Crippen molar-refractivity contribution in [1.82, 2.24) is 15.0 Å². The Morgan fingerprint density at radius 3 is 2.88 bits per heavy atom. The summed E-state index contributed by atoms with van der Waals surface area (Å²) in [6, 6.07) is 3.18. The lowest BCUT2D eigenvalue weighted by atomic mass is 10.1. The van der Waals surface area contributed by atoms with E-state index in [0.717, 1.165) is 12.8 Å². The molecule has 8 nitrogen and oxygen atoms in total. The van der Waals surface area contributed by atoms with Gasteiger partial charge in [0, 0.05) is 18.8 Å². The van der Waals surface area contributed by atoms with E-state index in [9.17, 15) is 9.59 Å². The van der Waals surface area contributed by atoms with Crippen LogP contribution in [0.15, 0.2) is 22.9 Å². The van der Waals surface area contributed by atoms with Gasteiger partial charge in [-0.3, -0.25) is 14.6 Å². The second-order valence-corrected chi connectivity index (χ2v) is 6.07. The molecule has 0 bridgehead atoms. The molecule has 3 rings (SSSR count). The maximum absolute atomic E-state index is 12.7. The van der Waals surface area contributed by atoms with Crippen molar-refractivity contribution in [2.45, 2.75) is 32.8 Å². The molecule has 25 heavy (non-hydrogen) atoms. The Morgan fingerprint density at radius 1 is 1.40 bits per heavy atom. The zero-order chi connectivity index (χ0) is 18.0. The quantitative estimate of drug-likeness (QED) is 0.899. The molecule has 1 saturated heterocycles. The van der Waals surface area contributed by atoms with Crippen LogP contribution in [0.5, 0.6) is 5.75 Å². The fraction of sp³-hybridized carbons (Fsp3) is 0.412. The third kappa shape index (κ3) is 3.62. The molecule has 132 valence electrons. The van der Waals surface area contributed by atoms with Crippen LogP contribution >= 0.6 is 0 Å². The van der Waals surface area contributed by atoms with Gasteiger partial charge >= 0.3 is 0 Å². The number of hydrogen-bond acceptors (Lipinski definition) is 6. The van der Waals surface area contributed by atoms with E-state index < -0.39 is 5.91 Å². The van der Waals surface area contributed by atoms with Gasteiger partial charge in [0.05, 0.1) is 12.2 Å². The van der Waals surface area contributed by atoms with E-state index in [-0.39, 0.29) is 17.7 Å². The smallest absolute Gasteiger partial charge is 0.267 e. The number of aromatic nitrogens is 2. The van der Waals surface area contributed by atoms with Crippen LogP contribution in [0, 0.1) is 13.8 Å². The molecule has 0 aromatic carbocycles. The molecule has 1 unspecified atom stereocenters. The van der Waals surface area contributed by atoms with Gasteiger partial charge in [0.1, 0.15) is 28.9 Å². The van der Waals surface area contributed by atoms with Gasteiger partial charge in [-0.2, -0.15) is 0 Å². The highest BCUT2D eigenvalue weighted by molar-refractivity contribution is 5.96. The molecular weight excluding hydrogens is 324 g/mol. The molecule has 1 atom stereocenters. The van der Waals surface area contributed by atoms with Crippen LogP contribution in [0.3, 0.4) is 0 Å². The van der Waals surface area contributed by atoms with Crippen LogP contribution in [0.1, 0.15) is 45.1 Å². The molecule has 2 aromatic heterocycles. The van der Waals surface area contributed by atoms with Crippen molar-refractivity contribution in [2.24, 2.45) is 5.73 Å². The number of aryl methyl sites for hydroxylation is 2. The number of carbonyl (C=O) groups excluding carboxylic acids is 2. The molecule has 0 radical (unpaired) electrons. The van der Waals surface area contributed by atoms with Crippen LogP contribution in [-0.4, -0.2) is 46.0 Å². The number of nitrogens with two attached hydrogens (primary N) is 1. The van der Waals surface area contributed by atoms with Crippen molar-refractivity contribution in [3.05, 3.63) is 41.0 Å². The number of nitrogens with zero attached hydrogens (tertiary/aromatic N) is 3. The molecule has 1 aliphatic heterocycles. The lowest BCUT2D eigenvalue weighted by Crippen LogP contribution is -2.44. The Morgan fingerprint density at radius 2 is 2.20 bits per heavy atom. The zero-order valence-corrected chi connectivity index (χ0v) is 14.2. The number of pyridine rings is 1. The fourth-order valence-electron chi connectivity index (χ4n) is 2.98. The first kappa shape index (κ1) is 16.9. The topological polar surface area (TPSA) is 112 Å². The van der Waals surface area contributed by atoms with Gasteiger partial charge in [0.2, 0.25) is 0 Å². The summed E-state index contributed by atoms with van der Waals surface area (Å²) < 4.78 is 11.0. The maximum atomic E-state index is 12.7. The third-order valence-corrected chi connectivity index (χ3v) is 4.20. The zero-order valence-electron chi connectivity index (χ0n) is 14.2. The molecule has 2 N–H and O–H groups in total. The molecule has 3 heterocycles. The van der Waals surface area contributed by atoms with Crippen molar-refractivity contribution in [3.8, 4) is 5.75 Å². The Bertz CT molecular complexity index is 782. The van der Waals surface area contributed by atoms with Gasteiger partial charge in [0.15, 0.2) is 0 Å². The van der Waals surface area contributed by atoms with E-state index in [1.807, 2.05) is 0 Å². The number of piperidine rings is 1. The number of primary amides is 1. The molecule has 1 fully saturated rings. The Hall–Kier alpha value is -2.90. The van der Waals surface area contributed by atoms with Gasteiger partial charge in [0.25, 0.3) is 11.8 Å². The molecule has 2 amide bonds. The number of ether oxygens (including phenoxy) is 1. The first-order chi connectivity index (χ1) is 12.0. The van der Waals surface area contributed by atoms with E-state index in [1.165, 1.54) is 12.3 Å². The van der Waals surface area contributed by atoms with Crippen LogP contribution < -0.4 is 10.5 Å².